The molecule has 1 amide bonds. The van der Waals surface area contributed by atoms with Crippen molar-refractivity contribution in [3.63, 3.8) is 0 Å². The van der Waals surface area contributed by atoms with Crippen LogP contribution in [-0.4, -0.2) is 27.5 Å². The number of hydrogen-bond donors (Lipinski definition) is 2. The highest BCUT2D eigenvalue weighted by atomic mass is 32.2. The van der Waals surface area contributed by atoms with Crippen molar-refractivity contribution in [2.45, 2.75) is 44.0 Å². The van der Waals surface area contributed by atoms with E-state index in [4.69, 9.17) is 4.74 Å². The summed E-state index contributed by atoms with van der Waals surface area (Å²) in [6.45, 7) is 3.56. The van der Waals surface area contributed by atoms with Gasteiger partial charge < -0.3 is 10.1 Å². The molecule has 0 unspecified atom stereocenters. The predicted octanol–water partition coefficient (Wildman–Crippen LogP) is 3.34. The number of nitrogens with one attached hydrogen (secondary N) is 2. The van der Waals surface area contributed by atoms with Crippen molar-refractivity contribution in [3.05, 3.63) is 54.1 Å². The third kappa shape index (κ3) is 6.08. The van der Waals surface area contributed by atoms with Gasteiger partial charge in [0.15, 0.2) is 0 Å². The highest BCUT2D eigenvalue weighted by Crippen LogP contribution is 2.27. The van der Waals surface area contributed by atoms with Gasteiger partial charge in [0.25, 0.3) is 0 Å². The fourth-order valence-corrected chi connectivity index (χ4v) is 3.91. The van der Waals surface area contributed by atoms with Crippen LogP contribution in [0.3, 0.4) is 0 Å². The van der Waals surface area contributed by atoms with Crippen molar-refractivity contribution in [1.82, 2.24) is 4.72 Å². The monoisotopic (exact) mass is 390 g/mol. The zero-order valence-corrected chi connectivity index (χ0v) is 16.7. The molecule has 0 fully saturated rings. The van der Waals surface area contributed by atoms with Crippen LogP contribution in [0.4, 0.5) is 5.69 Å². The molecule has 2 rings (SSSR count). The molecule has 1 atom stereocenters. The van der Waals surface area contributed by atoms with Gasteiger partial charge in [-0.15, -0.1) is 0 Å². The standard InChI is InChI=1S/C20H26N2O4S/c1-4-20(23)21-18-14-17(12-13-19(18)26-3)27(24,25)22-15(2)10-11-16-8-6-5-7-9-16/h5-9,12-15,22H,4,10-11H2,1-3H3,(H,21,23)/t15-/m1/s1. The highest BCUT2D eigenvalue weighted by molar-refractivity contribution is 7.89. The maximum absolute atomic E-state index is 12.7. The molecule has 6 nitrogen and oxygen atoms in total. The maximum Gasteiger partial charge on any atom is 0.240 e. The van der Waals surface area contributed by atoms with Crippen LogP contribution in [0.15, 0.2) is 53.4 Å². The fraction of sp³-hybridized carbons (Fsp3) is 0.350. The van der Waals surface area contributed by atoms with Crippen molar-refractivity contribution >= 4 is 21.6 Å². The quantitative estimate of drug-likeness (QED) is 0.688. The van der Waals surface area contributed by atoms with E-state index in [2.05, 4.69) is 10.0 Å². The molecule has 0 aliphatic rings. The number of carbonyl (C=O) groups is 1. The van der Waals surface area contributed by atoms with Crippen LogP contribution in [0.2, 0.25) is 0 Å². The van der Waals surface area contributed by atoms with Gasteiger partial charge in [-0.05, 0) is 43.5 Å². The number of hydrogen-bond acceptors (Lipinski definition) is 4. The van der Waals surface area contributed by atoms with Gasteiger partial charge in [0.1, 0.15) is 5.75 Å². The van der Waals surface area contributed by atoms with E-state index in [0.717, 1.165) is 12.0 Å². The Bertz CT molecular complexity index is 867. The number of amides is 1. The smallest absolute Gasteiger partial charge is 0.240 e. The summed E-state index contributed by atoms with van der Waals surface area (Å²) in [5, 5.41) is 2.67. The lowest BCUT2D eigenvalue weighted by atomic mass is 10.1. The molecule has 7 heteroatoms. The van der Waals surface area contributed by atoms with Crippen LogP contribution in [0, 0.1) is 0 Å². The zero-order chi connectivity index (χ0) is 19.9. The summed E-state index contributed by atoms with van der Waals surface area (Å²) < 4.78 is 33.3. The first-order valence-electron chi connectivity index (χ1n) is 8.90. The van der Waals surface area contributed by atoms with E-state index < -0.39 is 10.0 Å². The normalized spacial score (nSPS) is 12.4. The van der Waals surface area contributed by atoms with Crippen LogP contribution in [-0.2, 0) is 21.2 Å². The SMILES string of the molecule is CCC(=O)Nc1cc(S(=O)(=O)N[C@H](C)CCc2ccccc2)ccc1OC. The van der Waals surface area contributed by atoms with Gasteiger partial charge in [0.05, 0.1) is 17.7 Å². The van der Waals surface area contributed by atoms with Crippen LogP contribution < -0.4 is 14.8 Å². The van der Waals surface area contributed by atoms with Crippen LogP contribution in [0.5, 0.6) is 5.75 Å². The summed E-state index contributed by atoms with van der Waals surface area (Å²) in [6.07, 6.45) is 1.75. The molecule has 0 radical (unpaired) electrons. The number of aryl methyl sites for hydroxylation is 1. The second-order valence-electron chi connectivity index (χ2n) is 6.31. The molecule has 2 aromatic rings. The van der Waals surface area contributed by atoms with E-state index in [1.165, 1.54) is 25.3 Å². The molecule has 0 aromatic heterocycles. The zero-order valence-electron chi connectivity index (χ0n) is 15.9. The first-order valence-corrected chi connectivity index (χ1v) is 10.4. The number of ether oxygens (including phenoxy) is 1. The number of methoxy groups -OCH3 is 1. The van der Waals surface area contributed by atoms with Gasteiger partial charge in [-0.3, -0.25) is 4.79 Å². The molecule has 0 saturated heterocycles. The average Bonchev–Trinajstić information content (AvgIpc) is 2.66. The summed E-state index contributed by atoms with van der Waals surface area (Å²) in [5.41, 5.74) is 1.50. The minimum atomic E-state index is -3.71. The predicted molar refractivity (Wildman–Crippen MR) is 106 cm³/mol. The molecule has 0 heterocycles. The largest absolute Gasteiger partial charge is 0.495 e. The molecule has 0 saturated carbocycles. The van der Waals surface area contributed by atoms with E-state index in [9.17, 15) is 13.2 Å². The van der Waals surface area contributed by atoms with Gasteiger partial charge in [0, 0.05) is 12.5 Å². The average molecular weight is 391 g/mol. The third-order valence-corrected chi connectivity index (χ3v) is 5.73. The van der Waals surface area contributed by atoms with Gasteiger partial charge in [0.2, 0.25) is 15.9 Å². The molecule has 146 valence electrons. The Kier molecular flexibility index (Phi) is 7.38. The summed E-state index contributed by atoms with van der Waals surface area (Å²) in [4.78, 5) is 11.8. The molecule has 0 spiro atoms. The summed E-state index contributed by atoms with van der Waals surface area (Å²) in [6, 6.07) is 14.1. The summed E-state index contributed by atoms with van der Waals surface area (Å²) in [7, 11) is -2.24. The Morgan fingerprint density at radius 3 is 2.48 bits per heavy atom. The topological polar surface area (TPSA) is 84.5 Å². The molecule has 0 bridgehead atoms. The number of anilines is 1. The first-order chi connectivity index (χ1) is 12.9. The molecule has 2 aromatic carbocycles. The Labute approximate surface area is 161 Å². The number of sulfonamides is 1. The third-order valence-electron chi connectivity index (χ3n) is 4.14. The minimum Gasteiger partial charge on any atom is -0.495 e. The van der Waals surface area contributed by atoms with Crippen LogP contribution >= 0.6 is 0 Å². The maximum atomic E-state index is 12.7. The van der Waals surface area contributed by atoms with Crippen molar-refractivity contribution < 1.29 is 17.9 Å². The molecule has 2 N–H and O–H groups in total. The Morgan fingerprint density at radius 1 is 1.15 bits per heavy atom. The van der Waals surface area contributed by atoms with Crippen molar-refractivity contribution in [3.8, 4) is 5.75 Å². The molecular formula is C20H26N2O4S. The van der Waals surface area contributed by atoms with Crippen LogP contribution in [0.1, 0.15) is 32.3 Å². The lowest BCUT2D eigenvalue weighted by Gasteiger charge is -2.16. The van der Waals surface area contributed by atoms with E-state index in [0.29, 0.717) is 17.9 Å². The minimum absolute atomic E-state index is 0.0845. The van der Waals surface area contributed by atoms with Gasteiger partial charge >= 0.3 is 0 Å². The lowest BCUT2D eigenvalue weighted by molar-refractivity contribution is -0.115. The van der Waals surface area contributed by atoms with Crippen molar-refractivity contribution in [1.29, 1.82) is 0 Å². The van der Waals surface area contributed by atoms with Crippen LogP contribution in [0.25, 0.3) is 0 Å². The second-order valence-corrected chi connectivity index (χ2v) is 8.02. The Morgan fingerprint density at radius 2 is 1.85 bits per heavy atom. The number of benzene rings is 2. The highest BCUT2D eigenvalue weighted by Gasteiger charge is 2.19. The molecular weight excluding hydrogens is 364 g/mol. The van der Waals surface area contributed by atoms with E-state index >= 15 is 0 Å². The number of carbonyl (C=O) groups excluding carboxylic acids is 1. The molecule has 27 heavy (non-hydrogen) atoms. The van der Waals surface area contributed by atoms with Gasteiger partial charge in [-0.1, -0.05) is 37.3 Å². The van der Waals surface area contributed by atoms with Crippen molar-refractivity contribution in [2.24, 2.45) is 0 Å². The van der Waals surface area contributed by atoms with Gasteiger partial charge in [-0.25, -0.2) is 13.1 Å². The second kappa shape index (κ2) is 9.53. The Hall–Kier alpha value is -2.38. The number of rotatable bonds is 9. The van der Waals surface area contributed by atoms with Gasteiger partial charge in [-0.2, -0.15) is 0 Å². The van der Waals surface area contributed by atoms with E-state index in [1.807, 2.05) is 37.3 Å². The lowest BCUT2D eigenvalue weighted by Crippen LogP contribution is -2.33. The molecule has 0 aliphatic carbocycles. The van der Waals surface area contributed by atoms with Crippen molar-refractivity contribution in [2.75, 3.05) is 12.4 Å². The van der Waals surface area contributed by atoms with E-state index in [-0.39, 0.29) is 23.3 Å². The first kappa shape index (κ1) is 20.9. The fourth-order valence-electron chi connectivity index (χ4n) is 2.61. The molecule has 0 aliphatic heterocycles. The Balaban J connectivity index is 2.10. The summed E-state index contributed by atoms with van der Waals surface area (Å²) >= 11 is 0. The van der Waals surface area contributed by atoms with E-state index in [1.54, 1.807) is 6.92 Å². The summed E-state index contributed by atoms with van der Waals surface area (Å²) in [5.74, 6) is 0.194.